The number of allylic oxidation sites excluding steroid dienone is 3. The van der Waals surface area contributed by atoms with Crippen molar-refractivity contribution in [2.45, 2.75) is 424 Å². The predicted molar refractivity (Wildman–Crippen MR) is 341 cm³/mol. The van der Waals surface area contributed by atoms with Crippen LogP contribution in [-0.2, 0) is 4.79 Å². The van der Waals surface area contributed by atoms with Crippen molar-refractivity contribution >= 4 is 5.91 Å². The fourth-order valence-electron chi connectivity index (χ4n) is 11.6. The molecule has 2 atom stereocenters. The van der Waals surface area contributed by atoms with Crippen LogP contribution in [0.25, 0.3) is 0 Å². The zero-order valence-electron chi connectivity index (χ0n) is 52.3. The number of hydrogen-bond acceptors (Lipinski definition) is 3. The Balaban J connectivity index is 3.41. The molecule has 0 aliphatic carbocycles. The van der Waals surface area contributed by atoms with Gasteiger partial charge in [0.2, 0.25) is 5.91 Å². The molecule has 0 rings (SSSR count). The second kappa shape index (κ2) is 68.1. The molecule has 0 fully saturated rings. The summed E-state index contributed by atoms with van der Waals surface area (Å²) in [7, 11) is 0. The number of hydrogen-bond donors (Lipinski definition) is 3. The SMILES string of the molecule is CCCCCCCCCCCCCCCCCCCCCCCC/C=C/CC/C=C/C(O)C(CO)NC(=O)CCCCCCCCCCCCCCCCCCCCCCCCCCCCCCCCCCCCCC. The Morgan fingerprint density at radius 1 is 0.303 bits per heavy atom. The van der Waals surface area contributed by atoms with Gasteiger partial charge in [-0.3, -0.25) is 4.79 Å². The predicted octanol–water partition coefficient (Wildman–Crippen LogP) is 24.2. The maximum absolute atomic E-state index is 12.5. The molecule has 0 saturated heterocycles. The van der Waals surface area contributed by atoms with Crippen LogP contribution in [0.1, 0.15) is 412 Å². The topological polar surface area (TPSA) is 69.6 Å². The van der Waals surface area contributed by atoms with Gasteiger partial charge in [-0.15, -0.1) is 0 Å². The van der Waals surface area contributed by atoms with E-state index in [4.69, 9.17) is 0 Å². The van der Waals surface area contributed by atoms with Crippen molar-refractivity contribution in [1.29, 1.82) is 0 Å². The summed E-state index contributed by atoms with van der Waals surface area (Å²) in [5.41, 5.74) is 0. The summed E-state index contributed by atoms with van der Waals surface area (Å²) in [6.07, 6.45) is 92.9. The van der Waals surface area contributed by atoms with E-state index in [1.165, 1.54) is 360 Å². The summed E-state index contributed by atoms with van der Waals surface area (Å²) in [4.78, 5) is 12.5. The molecule has 4 heteroatoms. The summed E-state index contributed by atoms with van der Waals surface area (Å²) in [5, 5.41) is 23.3. The Morgan fingerprint density at radius 2 is 0.513 bits per heavy atom. The van der Waals surface area contributed by atoms with Crippen LogP contribution in [-0.4, -0.2) is 34.9 Å². The van der Waals surface area contributed by atoms with Crippen LogP contribution in [0.4, 0.5) is 0 Å². The summed E-state index contributed by atoms with van der Waals surface area (Å²) in [6, 6.07) is -0.638. The molecule has 76 heavy (non-hydrogen) atoms. The van der Waals surface area contributed by atoms with Crippen molar-refractivity contribution in [3.8, 4) is 0 Å². The largest absolute Gasteiger partial charge is 0.394 e. The average molecular weight is 1070 g/mol. The van der Waals surface area contributed by atoms with E-state index >= 15 is 0 Å². The van der Waals surface area contributed by atoms with Gasteiger partial charge >= 0.3 is 0 Å². The summed E-state index contributed by atoms with van der Waals surface area (Å²) < 4.78 is 0. The van der Waals surface area contributed by atoms with Gasteiger partial charge in [0, 0.05) is 6.42 Å². The molecule has 0 spiro atoms. The number of aliphatic hydroxyl groups is 2. The number of carbonyl (C=O) groups is 1. The smallest absolute Gasteiger partial charge is 0.220 e. The van der Waals surface area contributed by atoms with E-state index in [0.717, 1.165) is 32.1 Å². The number of rotatable bonds is 67. The lowest BCUT2D eigenvalue weighted by Gasteiger charge is -2.19. The zero-order valence-corrected chi connectivity index (χ0v) is 52.3. The lowest BCUT2D eigenvalue weighted by molar-refractivity contribution is -0.123. The number of nitrogens with one attached hydrogen (secondary N) is 1. The lowest BCUT2D eigenvalue weighted by atomic mass is 10.0. The molecular formula is C72H141NO3. The van der Waals surface area contributed by atoms with Gasteiger partial charge in [-0.2, -0.15) is 0 Å². The molecule has 3 N–H and O–H groups in total. The first-order chi connectivity index (χ1) is 37.7. The molecule has 0 radical (unpaired) electrons. The minimum absolute atomic E-state index is 0.0639. The molecule has 4 nitrogen and oxygen atoms in total. The molecule has 0 bridgehead atoms. The maximum Gasteiger partial charge on any atom is 0.220 e. The Kier molecular flexibility index (Phi) is 67.1. The molecule has 1 amide bonds. The molecule has 0 aliphatic rings. The van der Waals surface area contributed by atoms with Crippen LogP contribution >= 0.6 is 0 Å². The van der Waals surface area contributed by atoms with Crippen molar-refractivity contribution < 1.29 is 15.0 Å². The molecule has 0 heterocycles. The second-order valence-corrected chi connectivity index (χ2v) is 24.7. The number of unbranched alkanes of at least 4 members (excludes halogenated alkanes) is 58. The van der Waals surface area contributed by atoms with Gasteiger partial charge in [0.05, 0.1) is 18.8 Å². The first kappa shape index (κ1) is 74.9. The van der Waals surface area contributed by atoms with Gasteiger partial charge in [-0.1, -0.05) is 398 Å². The van der Waals surface area contributed by atoms with E-state index < -0.39 is 12.1 Å². The van der Waals surface area contributed by atoms with E-state index in [9.17, 15) is 15.0 Å². The minimum Gasteiger partial charge on any atom is -0.394 e. The van der Waals surface area contributed by atoms with Gasteiger partial charge < -0.3 is 15.5 Å². The van der Waals surface area contributed by atoms with E-state index in [2.05, 4.69) is 31.3 Å². The molecule has 0 aliphatic heterocycles. The Labute approximate surface area is 479 Å². The summed E-state index contributed by atoms with van der Waals surface area (Å²) >= 11 is 0. The summed E-state index contributed by atoms with van der Waals surface area (Å²) in [5.74, 6) is -0.0639. The van der Waals surface area contributed by atoms with E-state index in [-0.39, 0.29) is 12.5 Å². The number of carbonyl (C=O) groups excluding carboxylic acids is 1. The van der Waals surface area contributed by atoms with Gasteiger partial charge in [-0.25, -0.2) is 0 Å². The van der Waals surface area contributed by atoms with E-state index in [0.29, 0.717) is 6.42 Å². The number of aliphatic hydroxyl groups excluding tert-OH is 2. The molecule has 0 saturated carbocycles. The molecule has 452 valence electrons. The first-order valence-corrected chi connectivity index (χ1v) is 35.6. The second-order valence-electron chi connectivity index (χ2n) is 24.7. The third-order valence-electron chi connectivity index (χ3n) is 16.9. The monoisotopic (exact) mass is 1070 g/mol. The van der Waals surface area contributed by atoms with Crippen LogP contribution in [0.2, 0.25) is 0 Å². The van der Waals surface area contributed by atoms with Crippen molar-refractivity contribution in [3.63, 3.8) is 0 Å². The molecular weight excluding hydrogens is 927 g/mol. The van der Waals surface area contributed by atoms with Crippen LogP contribution in [0.15, 0.2) is 24.3 Å². The van der Waals surface area contributed by atoms with Gasteiger partial charge in [0.15, 0.2) is 0 Å². The summed E-state index contributed by atoms with van der Waals surface area (Å²) in [6.45, 7) is 4.35. The van der Waals surface area contributed by atoms with Crippen LogP contribution in [0.3, 0.4) is 0 Å². The lowest BCUT2D eigenvalue weighted by Crippen LogP contribution is -2.45. The maximum atomic E-state index is 12.5. The average Bonchev–Trinajstić information content (AvgIpc) is 3.42. The highest BCUT2D eigenvalue weighted by atomic mass is 16.3. The minimum atomic E-state index is -0.861. The highest BCUT2D eigenvalue weighted by molar-refractivity contribution is 5.76. The Bertz CT molecular complexity index is 1120. The van der Waals surface area contributed by atoms with Crippen LogP contribution in [0, 0.1) is 0 Å². The van der Waals surface area contributed by atoms with Crippen LogP contribution < -0.4 is 5.32 Å². The van der Waals surface area contributed by atoms with Gasteiger partial charge in [0.25, 0.3) is 0 Å². The number of amides is 1. The standard InChI is InChI=1S/C72H141NO3/c1-3-5-7-9-11-13-15-17-19-21-23-25-27-29-31-33-34-35-36-37-38-39-40-42-44-46-48-50-52-54-56-58-60-62-64-66-68-72(76)73-70(69-74)71(75)67-65-63-61-59-57-55-53-51-49-47-45-43-41-32-30-28-26-24-22-20-18-16-14-12-10-8-6-4-2/h57,59,65,67,70-71,74-75H,3-56,58,60-64,66,68-69H2,1-2H3,(H,73,76)/b59-57+,67-65+. The van der Waals surface area contributed by atoms with Crippen molar-refractivity contribution in [1.82, 2.24) is 5.32 Å². The third-order valence-corrected chi connectivity index (χ3v) is 16.9. The van der Waals surface area contributed by atoms with Gasteiger partial charge in [0.1, 0.15) is 0 Å². The Hall–Kier alpha value is -1.13. The van der Waals surface area contributed by atoms with E-state index in [1.54, 1.807) is 6.08 Å². The van der Waals surface area contributed by atoms with E-state index in [1.807, 2.05) is 6.08 Å². The van der Waals surface area contributed by atoms with Crippen molar-refractivity contribution in [2.75, 3.05) is 6.61 Å². The molecule has 0 aromatic carbocycles. The zero-order chi connectivity index (χ0) is 54.8. The van der Waals surface area contributed by atoms with Crippen molar-refractivity contribution in [3.05, 3.63) is 24.3 Å². The quantitative estimate of drug-likeness (QED) is 0.0420. The third kappa shape index (κ3) is 63.7. The molecule has 0 aromatic heterocycles. The molecule has 0 aromatic rings. The first-order valence-electron chi connectivity index (χ1n) is 35.6. The van der Waals surface area contributed by atoms with Crippen LogP contribution in [0.5, 0.6) is 0 Å². The fraction of sp³-hybridized carbons (Fsp3) is 0.931. The fourth-order valence-corrected chi connectivity index (χ4v) is 11.6. The van der Waals surface area contributed by atoms with Crippen molar-refractivity contribution in [2.24, 2.45) is 0 Å². The molecule has 2 unspecified atom stereocenters. The normalized spacial score (nSPS) is 12.7. The Morgan fingerprint density at radius 3 is 0.763 bits per heavy atom. The highest BCUT2D eigenvalue weighted by Gasteiger charge is 2.18. The highest BCUT2D eigenvalue weighted by Crippen LogP contribution is 2.20. The van der Waals surface area contributed by atoms with Gasteiger partial charge in [-0.05, 0) is 32.1 Å².